The molecule has 0 amide bonds. The van der Waals surface area contributed by atoms with E-state index in [0.29, 0.717) is 12.8 Å². The van der Waals surface area contributed by atoms with E-state index in [2.05, 4.69) is 69.4 Å². The monoisotopic (exact) mass is 769 g/mol. The van der Waals surface area contributed by atoms with E-state index in [1.54, 1.807) is 6.08 Å². The molecule has 0 fully saturated rings. The van der Waals surface area contributed by atoms with E-state index in [1.807, 2.05) is 6.08 Å². The molecule has 1 atom stereocenters. The maximum absolute atomic E-state index is 12.6. The molecule has 0 aliphatic carbocycles. The molecule has 0 aromatic carbocycles. The number of carbonyl (C=O) groups excluding carboxylic acids is 3. The zero-order chi connectivity index (χ0) is 40.1. The van der Waals surface area contributed by atoms with Gasteiger partial charge in [0, 0.05) is 12.8 Å². The van der Waals surface area contributed by atoms with E-state index in [0.717, 1.165) is 83.5 Å². The van der Waals surface area contributed by atoms with Gasteiger partial charge in [-0.1, -0.05) is 178 Å². The van der Waals surface area contributed by atoms with Gasteiger partial charge in [-0.15, -0.1) is 0 Å². The van der Waals surface area contributed by atoms with Crippen molar-refractivity contribution in [1.82, 2.24) is 0 Å². The van der Waals surface area contributed by atoms with Gasteiger partial charge in [-0.2, -0.15) is 0 Å². The standard InChI is InChI=1S/C49H84O6/c1-4-7-10-13-16-19-21-22-23-24-25-26-27-28-31-33-36-39-42-48(51)54-45-46(44-53-47(50)41-38-35-32-29-18-15-12-9-6-3)55-49(52)43-40-37-34-30-20-17-14-11-8-5-2/h9,12,14,17-18,25-26,29,35,38,46H,4-8,10-11,13,15-16,19-24,27-28,30-34,36-37,39-45H2,1-3H3/b12-9-,17-14-,26-25-,29-18-,38-35-. The van der Waals surface area contributed by atoms with Crippen LogP contribution in [0.25, 0.3) is 0 Å². The summed E-state index contributed by atoms with van der Waals surface area (Å²) in [6.45, 7) is 6.35. The molecule has 0 saturated carbocycles. The van der Waals surface area contributed by atoms with Crippen LogP contribution in [0.1, 0.15) is 213 Å². The maximum Gasteiger partial charge on any atom is 0.309 e. The smallest absolute Gasteiger partial charge is 0.309 e. The Kier molecular flexibility index (Phi) is 41.5. The van der Waals surface area contributed by atoms with Crippen LogP contribution < -0.4 is 0 Å². The second kappa shape index (κ2) is 43.8. The molecule has 0 saturated heterocycles. The fraction of sp³-hybridized carbons (Fsp3) is 0.735. The number of ether oxygens (including phenoxy) is 3. The molecule has 0 aliphatic heterocycles. The molecule has 55 heavy (non-hydrogen) atoms. The van der Waals surface area contributed by atoms with E-state index in [-0.39, 0.29) is 31.6 Å². The molecule has 0 aliphatic rings. The van der Waals surface area contributed by atoms with Gasteiger partial charge in [0.15, 0.2) is 6.10 Å². The van der Waals surface area contributed by atoms with Gasteiger partial charge < -0.3 is 14.2 Å². The molecular weight excluding hydrogens is 685 g/mol. The van der Waals surface area contributed by atoms with Crippen molar-refractivity contribution in [2.75, 3.05) is 13.2 Å². The summed E-state index contributed by atoms with van der Waals surface area (Å²) in [4.78, 5) is 37.5. The topological polar surface area (TPSA) is 78.9 Å². The molecule has 6 nitrogen and oxygen atoms in total. The summed E-state index contributed by atoms with van der Waals surface area (Å²) in [5.74, 6) is -1.07. The minimum Gasteiger partial charge on any atom is -0.462 e. The average molecular weight is 769 g/mol. The van der Waals surface area contributed by atoms with E-state index in [1.165, 1.54) is 89.9 Å². The lowest BCUT2D eigenvalue weighted by Gasteiger charge is -2.18. The largest absolute Gasteiger partial charge is 0.462 e. The minimum absolute atomic E-state index is 0.110. The summed E-state index contributed by atoms with van der Waals surface area (Å²) in [6, 6.07) is 0. The molecule has 1 unspecified atom stereocenters. The summed E-state index contributed by atoms with van der Waals surface area (Å²) < 4.78 is 16.5. The highest BCUT2D eigenvalue weighted by Crippen LogP contribution is 2.13. The molecule has 0 aromatic heterocycles. The van der Waals surface area contributed by atoms with Crippen molar-refractivity contribution in [3.63, 3.8) is 0 Å². The SMILES string of the molecule is CC/C=C\C/C=C\C/C=C\CC(=O)OCC(COC(=O)CCCCCCC/C=C\CCCCCCCCCCC)OC(=O)CCCCCC/C=C\CCCC. The lowest BCUT2D eigenvalue weighted by atomic mass is 10.1. The first-order valence-electron chi connectivity index (χ1n) is 22.8. The number of hydrogen-bond donors (Lipinski definition) is 0. The zero-order valence-electron chi connectivity index (χ0n) is 35.9. The molecule has 6 heteroatoms. The molecule has 0 bridgehead atoms. The Morgan fingerprint density at radius 3 is 1.31 bits per heavy atom. The lowest BCUT2D eigenvalue weighted by Crippen LogP contribution is -2.30. The molecule has 0 heterocycles. The van der Waals surface area contributed by atoms with E-state index < -0.39 is 12.1 Å². The Bertz CT molecular complexity index is 1020. The third kappa shape index (κ3) is 42.1. The molecule has 0 radical (unpaired) electrons. The highest BCUT2D eigenvalue weighted by molar-refractivity contribution is 5.72. The molecule has 0 N–H and O–H groups in total. The van der Waals surface area contributed by atoms with Gasteiger partial charge in [-0.3, -0.25) is 14.4 Å². The van der Waals surface area contributed by atoms with Crippen molar-refractivity contribution in [2.45, 2.75) is 219 Å². The van der Waals surface area contributed by atoms with Crippen molar-refractivity contribution in [1.29, 1.82) is 0 Å². The van der Waals surface area contributed by atoms with Crippen LogP contribution >= 0.6 is 0 Å². The van der Waals surface area contributed by atoms with Crippen molar-refractivity contribution < 1.29 is 28.6 Å². The highest BCUT2D eigenvalue weighted by Gasteiger charge is 2.19. The van der Waals surface area contributed by atoms with Crippen LogP contribution in [0, 0.1) is 0 Å². The van der Waals surface area contributed by atoms with Crippen LogP contribution in [0.5, 0.6) is 0 Å². The van der Waals surface area contributed by atoms with Crippen LogP contribution in [-0.2, 0) is 28.6 Å². The summed E-state index contributed by atoms with van der Waals surface area (Å²) in [5.41, 5.74) is 0. The fourth-order valence-corrected chi connectivity index (χ4v) is 6.07. The number of hydrogen-bond acceptors (Lipinski definition) is 6. The minimum atomic E-state index is -0.815. The molecule has 0 rings (SSSR count). The number of rotatable bonds is 40. The number of unbranched alkanes of at least 4 members (excludes halogenated alkanes) is 20. The zero-order valence-corrected chi connectivity index (χ0v) is 35.9. The first-order chi connectivity index (χ1) is 27.0. The summed E-state index contributed by atoms with van der Waals surface area (Å²) in [5, 5.41) is 0. The summed E-state index contributed by atoms with van der Waals surface area (Å²) in [7, 11) is 0. The van der Waals surface area contributed by atoms with Crippen molar-refractivity contribution >= 4 is 17.9 Å². The van der Waals surface area contributed by atoms with Crippen LogP contribution in [-0.4, -0.2) is 37.2 Å². The van der Waals surface area contributed by atoms with Gasteiger partial charge in [0.05, 0.1) is 6.42 Å². The summed E-state index contributed by atoms with van der Waals surface area (Å²) >= 11 is 0. The first kappa shape index (κ1) is 52.1. The quantitative estimate of drug-likeness (QED) is 0.0267. The second-order valence-electron chi connectivity index (χ2n) is 14.9. The van der Waals surface area contributed by atoms with Gasteiger partial charge in [0.1, 0.15) is 13.2 Å². The second-order valence-corrected chi connectivity index (χ2v) is 14.9. The predicted molar refractivity (Wildman–Crippen MR) is 233 cm³/mol. The van der Waals surface area contributed by atoms with Crippen molar-refractivity contribution in [2.24, 2.45) is 0 Å². The Labute approximate surface area is 339 Å². The van der Waals surface area contributed by atoms with Gasteiger partial charge >= 0.3 is 17.9 Å². The van der Waals surface area contributed by atoms with Gasteiger partial charge in [-0.05, 0) is 77.0 Å². The Hall–Kier alpha value is -2.89. The van der Waals surface area contributed by atoms with E-state index in [9.17, 15) is 14.4 Å². The maximum atomic E-state index is 12.6. The van der Waals surface area contributed by atoms with Crippen LogP contribution in [0.2, 0.25) is 0 Å². The third-order valence-corrected chi connectivity index (χ3v) is 9.51. The van der Waals surface area contributed by atoms with Gasteiger partial charge in [0.25, 0.3) is 0 Å². The van der Waals surface area contributed by atoms with Crippen LogP contribution in [0.3, 0.4) is 0 Å². The first-order valence-corrected chi connectivity index (χ1v) is 22.8. The molecule has 0 aromatic rings. The fourth-order valence-electron chi connectivity index (χ4n) is 6.07. The van der Waals surface area contributed by atoms with Crippen LogP contribution in [0.15, 0.2) is 60.8 Å². The molecule has 316 valence electrons. The number of carbonyl (C=O) groups is 3. The number of esters is 3. The predicted octanol–water partition coefficient (Wildman–Crippen LogP) is 14.5. The highest BCUT2D eigenvalue weighted by atomic mass is 16.6. The van der Waals surface area contributed by atoms with E-state index in [4.69, 9.17) is 14.2 Å². The molecule has 0 spiro atoms. The van der Waals surface area contributed by atoms with Crippen molar-refractivity contribution in [3.05, 3.63) is 60.8 Å². The normalized spacial score (nSPS) is 12.6. The van der Waals surface area contributed by atoms with Gasteiger partial charge in [-0.25, -0.2) is 0 Å². The molecular formula is C49H84O6. The lowest BCUT2D eigenvalue weighted by molar-refractivity contribution is -0.166. The Balaban J connectivity index is 4.36. The van der Waals surface area contributed by atoms with Gasteiger partial charge in [0.2, 0.25) is 0 Å². The average Bonchev–Trinajstić information content (AvgIpc) is 3.18. The summed E-state index contributed by atoms with van der Waals surface area (Å²) in [6.07, 6.45) is 52.5. The third-order valence-electron chi connectivity index (χ3n) is 9.51. The number of allylic oxidation sites excluding steroid dienone is 9. The Morgan fingerprint density at radius 1 is 0.400 bits per heavy atom. The van der Waals surface area contributed by atoms with Crippen LogP contribution in [0.4, 0.5) is 0 Å². The Morgan fingerprint density at radius 2 is 0.800 bits per heavy atom. The van der Waals surface area contributed by atoms with E-state index >= 15 is 0 Å². The van der Waals surface area contributed by atoms with Crippen molar-refractivity contribution in [3.8, 4) is 0 Å².